The van der Waals surface area contributed by atoms with Gasteiger partial charge in [-0.15, -0.1) is 0 Å². The van der Waals surface area contributed by atoms with Gasteiger partial charge < -0.3 is 0 Å². The Morgan fingerprint density at radius 2 is 1.93 bits per heavy atom. The maximum atomic E-state index is 13.3. The summed E-state index contributed by atoms with van der Waals surface area (Å²) in [5, 5.41) is 0.760. The molecule has 0 atom stereocenters. The molecule has 0 unspecified atom stereocenters. The second-order valence-electron chi connectivity index (χ2n) is 4.21. The molecule has 0 saturated carbocycles. The molecule has 3 heteroatoms. The van der Waals surface area contributed by atoms with Crippen molar-refractivity contribution in [1.29, 1.82) is 0 Å². The fraction of sp³-hybridized carbons (Fsp3) is 0.455. The first-order valence-corrected chi connectivity index (χ1v) is 5.57. The van der Waals surface area contributed by atoms with Gasteiger partial charge in [-0.3, -0.25) is 0 Å². The number of alkyl halides is 1. The van der Waals surface area contributed by atoms with E-state index < -0.39 is 0 Å². The van der Waals surface area contributed by atoms with Gasteiger partial charge in [0.15, 0.2) is 0 Å². The van der Waals surface area contributed by atoms with Crippen LogP contribution in [0.2, 0.25) is 0 Å². The lowest BCUT2D eigenvalue weighted by Crippen LogP contribution is -2.17. The highest BCUT2D eigenvalue weighted by atomic mass is 79.9. The molecule has 0 spiro atoms. The van der Waals surface area contributed by atoms with Gasteiger partial charge in [-0.05, 0) is 35.6 Å². The molecule has 0 aromatic heterocycles. The third-order valence-electron chi connectivity index (χ3n) is 2.04. The van der Waals surface area contributed by atoms with Gasteiger partial charge in [-0.2, -0.15) is 0 Å². The zero-order valence-corrected chi connectivity index (χ0v) is 9.87. The fourth-order valence-electron chi connectivity index (χ4n) is 1.24. The highest BCUT2D eigenvalue weighted by molar-refractivity contribution is 9.09. The van der Waals surface area contributed by atoms with Crippen LogP contribution in [0.1, 0.15) is 19.4 Å². The van der Waals surface area contributed by atoms with Crippen LogP contribution in [0.4, 0.5) is 8.78 Å². The van der Waals surface area contributed by atoms with E-state index in [0.29, 0.717) is 12.0 Å². The molecular formula is C11H13BrF2. The summed E-state index contributed by atoms with van der Waals surface area (Å²) in [6.07, 6.45) is 0.530. The summed E-state index contributed by atoms with van der Waals surface area (Å²) in [6, 6.07) is 3.58. The van der Waals surface area contributed by atoms with E-state index in [1.165, 1.54) is 12.1 Å². The zero-order chi connectivity index (χ0) is 10.8. The van der Waals surface area contributed by atoms with Gasteiger partial charge in [-0.25, -0.2) is 8.78 Å². The quantitative estimate of drug-likeness (QED) is 0.725. The Morgan fingerprint density at radius 1 is 1.29 bits per heavy atom. The molecule has 0 N–H and O–H groups in total. The van der Waals surface area contributed by atoms with Crippen LogP contribution in [0.5, 0.6) is 0 Å². The minimum Gasteiger partial charge on any atom is -0.207 e. The largest absolute Gasteiger partial charge is 0.207 e. The van der Waals surface area contributed by atoms with Gasteiger partial charge in [0.05, 0.1) is 0 Å². The summed E-state index contributed by atoms with van der Waals surface area (Å²) in [7, 11) is 0. The van der Waals surface area contributed by atoms with Crippen molar-refractivity contribution >= 4 is 15.9 Å². The predicted molar refractivity (Wildman–Crippen MR) is 57.6 cm³/mol. The van der Waals surface area contributed by atoms with Gasteiger partial charge >= 0.3 is 0 Å². The van der Waals surface area contributed by atoms with Gasteiger partial charge in [-0.1, -0.05) is 29.8 Å². The van der Waals surface area contributed by atoms with Crippen molar-refractivity contribution in [3.8, 4) is 0 Å². The van der Waals surface area contributed by atoms with Gasteiger partial charge in [0.2, 0.25) is 0 Å². The second-order valence-corrected chi connectivity index (χ2v) is 4.77. The van der Waals surface area contributed by atoms with Crippen molar-refractivity contribution in [2.24, 2.45) is 5.41 Å². The molecule has 0 nitrogen and oxygen atoms in total. The first kappa shape index (κ1) is 11.6. The number of hydrogen-bond acceptors (Lipinski definition) is 0. The smallest absolute Gasteiger partial charge is 0.126 e. The van der Waals surface area contributed by atoms with Gasteiger partial charge in [0.25, 0.3) is 0 Å². The van der Waals surface area contributed by atoms with Crippen molar-refractivity contribution < 1.29 is 8.78 Å². The standard InChI is InChI=1S/C11H13BrF2/c1-11(2,7-12)6-8-5-9(13)3-4-10(8)14/h3-5H,6-7H2,1-2H3. The summed E-state index contributed by atoms with van der Waals surface area (Å²) >= 11 is 3.36. The van der Waals surface area contributed by atoms with E-state index in [1.54, 1.807) is 0 Å². The highest BCUT2D eigenvalue weighted by Crippen LogP contribution is 2.25. The lowest BCUT2D eigenvalue weighted by molar-refractivity contribution is 0.413. The van der Waals surface area contributed by atoms with Crippen molar-refractivity contribution in [2.45, 2.75) is 20.3 Å². The second kappa shape index (κ2) is 4.39. The highest BCUT2D eigenvalue weighted by Gasteiger charge is 2.19. The van der Waals surface area contributed by atoms with Gasteiger partial charge in [0, 0.05) is 5.33 Å². The average Bonchev–Trinajstić information content (AvgIpc) is 2.11. The lowest BCUT2D eigenvalue weighted by Gasteiger charge is -2.21. The lowest BCUT2D eigenvalue weighted by atomic mass is 9.88. The van der Waals surface area contributed by atoms with Crippen molar-refractivity contribution in [3.63, 3.8) is 0 Å². The van der Waals surface area contributed by atoms with Crippen LogP contribution < -0.4 is 0 Å². The molecule has 1 aromatic carbocycles. The Hall–Kier alpha value is -0.440. The zero-order valence-electron chi connectivity index (χ0n) is 8.28. The molecule has 0 amide bonds. The molecule has 0 aliphatic carbocycles. The predicted octanol–water partition coefficient (Wildman–Crippen LogP) is 3.93. The van der Waals surface area contributed by atoms with E-state index in [-0.39, 0.29) is 17.0 Å². The van der Waals surface area contributed by atoms with Crippen LogP contribution in [0, 0.1) is 17.0 Å². The average molecular weight is 263 g/mol. The molecule has 0 bridgehead atoms. The Morgan fingerprint density at radius 3 is 2.50 bits per heavy atom. The Labute approximate surface area is 91.5 Å². The summed E-state index contributed by atoms with van der Waals surface area (Å²) in [6.45, 7) is 4.01. The summed E-state index contributed by atoms with van der Waals surface area (Å²) < 4.78 is 26.1. The molecule has 0 heterocycles. The number of benzene rings is 1. The van der Waals surface area contributed by atoms with E-state index in [2.05, 4.69) is 15.9 Å². The Bertz CT molecular complexity index is 321. The molecule has 14 heavy (non-hydrogen) atoms. The molecule has 1 rings (SSSR count). The minimum atomic E-state index is -0.383. The first-order valence-electron chi connectivity index (χ1n) is 4.44. The molecular weight excluding hydrogens is 250 g/mol. The molecule has 0 radical (unpaired) electrons. The van der Waals surface area contributed by atoms with Crippen molar-refractivity contribution in [2.75, 3.05) is 5.33 Å². The summed E-state index contributed by atoms with van der Waals surface area (Å²) in [4.78, 5) is 0. The third-order valence-corrected chi connectivity index (χ3v) is 3.56. The fourth-order valence-corrected chi connectivity index (χ4v) is 1.44. The Balaban J connectivity index is 2.91. The van der Waals surface area contributed by atoms with Crippen LogP contribution in [-0.2, 0) is 6.42 Å². The number of hydrogen-bond donors (Lipinski definition) is 0. The van der Waals surface area contributed by atoms with Gasteiger partial charge in [0.1, 0.15) is 11.6 Å². The summed E-state index contributed by atoms with van der Waals surface area (Å²) in [5.41, 5.74) is 0.378. The van der Waals surface area contributed by atoms with Crippen molar-refractivity contribution in [3.05, 3.63) is 35.4 Å². The molecule has 0 fully saturated rings. The molecule has 1 aromatic rings. The first-order chi connectivity index (χ1) is 6.44. The Kier molecular flexibility index (Phi) is 3.65. The van der Waals surface area contributed by atoms with E-state index in [0.717, 1.165) is 11.4 Å². The monoisotopic (exact) mass is 262 g/mol. The molecule has 78 valence electrons. The SMILES string of the molecule is CC(C)(CBr)Cc1cc(F)ccc1F. The molecule has 0 aliphatic heterocycles. The number of halogens is 3. The molecule has 0 aliphatic rings. The van der Waals surface area contributed by atoms with E-state index in [9.17, 15) is 8.78 Å². The van der Waals surface area contributed by atoms with E-state index >= 15 is 0 Å². The summed E-state index contributed by atoms with van der Waals surface area (Å²) in [5.74, 6) is -0.716. The third kappa shape index (κ3) is 3.05. The normalized spacial score (nSPS) is 11.8. The van der Waals surface area contributed by atoms with Crippen LogP contribution in [-0.4, -0.2) is 5.33 Å². The van der Waals surface area contributed by atoms with Crippen LogP contribution in [0.3, 0.4) is 0 Å². The topological polar surface area (TPSA) is 0 Å². The number of rotatable bonds is 3. The van der Waals surface area contributed by atoms with E-state index in [4.69, 9.17) is 0 Å². The maximum Gasteiger partial charge on any atom is 0.126 e. The maximum absolute atomic E-state index is 13.3. The molecule has 0 saturated heterocycles. The van der Waals surface area contributed by atoms with Crippen LogP contribution in [0.25, 0.3) is 0 Å². The van der Waals surface area contributed by atoms with Crippen LogP contribution >= 0.6 is 15.9 Å². The minimum absolute atomic E-state index is 0.0609. The van der Waals surface area contributed by atoms with Crippen molar-refractivity contribution in [1.82, 2.24) is 0 Å². The van der Waals surface area contributed by atoms with E-state index in [1.807, 2.05) is 13.8 Å². The van der Waals surface area contributed by atoms with Crippen LogP contribution in [0.15, 0.2) is 18.2 Å².